The number of azo groups is 1. The van der Waals surface area contributed by atoms with Gasteiger partial charge < -0.3 is 20.5 Å². The number of rotatable bonds is 11. The van der Waals surface area contributed by atoms with Gasteiger partial charge in [-0.1, -0.05) is 18.2 Å². The predicted molar refractivity (Wildman–Crippen MR) is 122 cm³/mol. The topological polar surface area (TPSA) is 116 Å². The van der Waals surface area contributed by atoms with Gasteiger partial charge in [0, 0.05) is 18.8 Å². The Labute approximate surface area is 187 Å². The number of carbonyl (C=O) groups excluding carboxylic acids is 1. The van der Waals surface area contributed by atoms with E-state index in [1.807, 2.05) is 30.3 Å². The van der Waals surface area contributed by atoms with Crippen molar-refractivity contribution in [3.63, 3.8) is 0 Å². The van der Waals surface area contributed by atoms with Gasteiger partial charge in [-0.15, -0.1) is 0 Å². The van der Waals surface area contributed by atoms with Gasteiger partial charge in [0.2, 0.25) is 5.91 Å². The first-order chi connectivity index (χ1) is 15.6. The van der Waals surface area contributed by atoms with E-state index in [1.165, 1.54) is 0 Å². The summed E-state index contributed by atoms with van der Waals surface area (Å²) in [5.41, 5.74) is 1.98. The monoisotopic (exact) mass is 439 g/mol. The number of anilines is 1. The molecule has 9 heteroatoms. The third-order valence-electron chi connectivity index (χ3n) is 5.02. The van der Waals surface area contributed by atoms with Gasteiger partial charge in [-0.3, -0.25) is 14.5 Å². The molecular weight excluding hydrogens is 410 g/mol. The highest BCUT2D eigenvalue weighted by Gasteiger charge is 2.21. The van der Waals surface area contributed by atoms with E-state index in [0.29, 0.717) is 17.9 Å². The number of carboxylic acids is 1. The van der Waals surface area contributed by atoms with Gasteiger partial charge in [0.25, 0.3) is 0 Å². The van der Waals surface area contributed by atoms with Crippen molar-refractivity contribution in [2.45, 2.75) is 18.9 Å². The van der Waals surface area contributed by atoms with E-state index in [9.17, 15) is 14.7 Å². The summed E-state index contributed by atoms with van der Waals surface area (Å²) in [5.74, 6) is -1.40. The van der Waals surface area contributed by atoms with Crippen molar-refractivity contribution in [1.82, 2.24) is 10.2 Å². The quantitative estimate of drug-likeness (QED) is 0.366. The van der Waals surface area contributed by atoms with Crippen LogP contribution in [0, 0.1) is 0 Å². The van der Waals surface area contributed by atoms with E-state index in [4.69, 9.17) is 4.74 Å². The van der Waals surface area contributed by atoms with Crippen LogP contribution >= 0.6 is 0 Å². The molecule has 1 unspecified atom stereocenters. The van der Waals surface area contributed by atoms with Gasteiger partial charge in [0.05, 0.1) is 31.0 Å². The summed E-state index contributed by atoms with van der Waals surface area (Å²) in [6.45, 7) is 4.68. The number of morpholine rings is 1. The number of hydrogen-bond acceptors (Lipinski definition) is 7. The van der Waals surface area contributed by atoms with E-state index < -0.39 is 12.0 Å². The number of benzene rings is 2. The highest BCUT2D eigenvalue weighted by molar-refractivity contribution is 5.94. The van der Waals surface area contributed by atoms with E-state index in [2.05, 4.69) is 25.8 Å². The average molecular weight is 440 g/mol. The molecular formula is C23H29N5O4. The molecule has 2 aromatic carbocycles. The van der Waals surface area contributed by atoms with Crippen LogP contribution in [0.2, 0.25) is 0 Å². The van der Waals surface area contributed by atoms with E-state index in [-0.39, 0.29) is 12.3 Å². The molecule has 1 aliphatic rings. The second-order valence-corrected chi connectivity index (χ2v) is 7.49. The Morgan fingerprint density at radius 3 is 2.31 bits per heavy atom. The number of carbonyl (C=O) groups is 2. The molecule has 170 valence electrons. The largest absolute Gasteiger partial charge is 0.480 e. The fraction of sp³-hybridized carbons (Fsp3) is 0.391. The lowest BCUT2D eigenvalue weighted by Crippen LogP contribution is -2.42. The van der Waals surface area contributed by atoms with Gasteiger partial charge in [-0.2, -0.15) is 10.2 Å². The van der Waals surface area contributed by atoms with Crippen LogP contribution in [-0.2, 0) is 14.3 Å². The summed E-state index contributed by atoms with van der Waals surface area (Å²) in [7, 11) is 0. The summed E-state index contributed by atoms with van der Waals surface area (Å²) in [4.78, 5) is 26.1. The lowest BCUT2D eigenvalue weighted by Gasteiger charge is -2.26. The lowest BCUT2D eigenvalue weighted by atomic mass is 10.2. The fourth-order valence-corrected chi connectivity index (χ4v) is 3.27. The van der Waals surface area contributed by atoms with Crippen LogP contribution in [0.5, 0.6) is 0 Å². The zero-order chi connectivity index (χ0) is 22.6. The minimum atomic E-state index is -1.04. The molecule has 2 aromatic rings. The SMILES string of the molecule is O=C(CC(NCCCN1CCOCC1)C(=O)O)Nc1ccc(N=Nc2ccccc2)cc1. The molecule has 0 saturated carbocycles. The normalized spacial score (nSPS) is 15.5. The molecule has 0 radical (unpaired) electrons. The van der Waals surface area contributed by atoms with Gasteiger partial charge in [-0.05, 0) is 55.9 Å². The summed E-state index contributed by atoms with van der Waals surface area (Å²) >= 11 is 0. The predicted octanol–water partition coefficient (Wildman–Crippen LogP) is 3.20. The molecule has 3 N–H and O–H groups in total. The summed E-state index contributed by atoms with van der Waals surface area (Å²) in [5, 5.41) is 23.4. The van der Waals surface area contributed by atoms with Crippen molar-refractivity contribution in [2.24, 2.45) is 10.2 Å². The molecule has 1 fully saturated rings. The van der Waals surface area contributed by atoms with E-state index in [1.54, 1.807) is 24.3 Å². The molecule has 1 atom stereocenters. The second kappa shape index (κ2) is 12.7. The fourth-order valence-electron chi connectivity index (χ4n) is 3.27. The Balaban J connectivity index is 1.42. The Morgan fingerprint density at radius 2 is 1.66 bits per heavy atom. The molecule has 1 amide bonds. The second-order valence-electron chi connectivity index (χ2n) is 7.49. The van der Waals surface area contributed by atoms with Crippen molar-refractivity contribution in [2.75, 3.05) is 44.7 Å². The van der Waals surface area contributed by atoms with Crippen LogP contribution in [-0.4, -0.2) is 67.3 Å². The highest BCUT2D eigenvalue weighted by Crippen LogP contribution is 2.20. The summed E-state index contributed by atoms with van der Waals surface area (Å²) < 4.78 is 5.32. The number of aliphatic carboxylic acids is 1. The van der Waals surface area contributed by atoms with E-state index in [0.717, 1.165) is 45.0 Å². The molecule has 1 aliphatic heterocycles. The standard InChI is InChI=1S/C23H29N5O4/c29-22(17-21(23(30)31)24-11-4-12-28-13-15-32-16-14-28)25-18-7-9-20(10-8-18)27-26-19-5-2-1-3-6-19/h1-3,5-10,21,24H,4,11-17H2,(H,25,29)(H,30,31). The van der Waals surface area contributed by atoms with Crippen LogP contribution in [0.1, 0.15) is 12.8 Å². The molecule has 0 aliphatic carbocycles. The Bertz CT molecular complexity index is 883. The molecule has 1 heterocycles. The molecule has 0 bridgehead atoms. The number of nitrogens with zero attached hydrogens (tertiary/aromatic N) is 3. The number of hydrogen-bond donors (Lipinski definition) is 3. The highest BCUT2D eigenvalue weighted by atomic mass is 16.5. The lowest BCUT2D eigenvalue weighted by molar-refractivity contribution is -0.141. The third kappa shape index (κ3) is 8.18. The maximum absolute atomic E-state index is 12.3. The molecule has 9 nitrogen and oxygen atoms in total. The Kier molecular flexibility index (Phi) is 9.30. The molecule has 0 aromatic heterocycles. The Morgan fingerprint density at radius 1 is 1.00 bits per heavy atom. The third-order valence-corrected chi connectivity index (χ3v) is 5.02. The minimum absolute atomic E-state index is 0.150. The van der Waals surface area contributed by atoms with Crippen LogP contribution in [0.15, 0.2) is 64.8 Å². The maximum Gasteiger partial charge on any atom is 0.321 e. The average Bonchev–Trinajstić information content (AvgIpc) is 2.82. The van der Waals surface area contributed by atoms with Gasteiger partial charge in [-0.25, -0.2) is 0 Å². The molecule has 32 heavy (non-hydrogen) atoms. The first kappa shape index (κ1) is 23.5. The minimum Gasteiger partial charge on any atom is -0.480 e. The molecule has 3 rings (SSSR count). The summed E-state index contributed by atoms with van der Waals surface area (Å²) in [6.07, 6.45) is 0.659. The first-order valence-corrected chi connectivity index (χ1v) is 10.7. The van der Waals surface area contributed by atoms with Crippen LogP contribution in [0.3, 0.4) is 0 Å². The van der Waals surface area contributed by atoms with Crippen molar-refractivity contribution >= 4 is 28.9 Å². The van der Waals surface area contributed by atoms with Crippen molar-refractivity contribution in [3.05, 3.63) is 54.6 Å². The zero-order valence-corrected chi connectivity index (χ0v) is 17.9. The van der Waals surface area contributed by atoms with Gasteiger partial charge in [0.15, 0.2) is 0 Å². The number of nitrogens with one attached hydrogen (secondary N) is 2. The van der Waals surface area contributed by atoms with E-state index >= 15 is 0 Å². The number of ether oxygens (including phenoxy) is 1. The van der Waals surface area contributed by atoms with Crippen LogP contribution < -0.4 is 10.6 Å². The smallest absolute Gasteiger partial charge is 0.321 e. The van der Waals surface area contributed by atoms with Crippen molar-refractivity contribution in [3.8, 4) is 0 Å². The van der Waals surface area contributed by atoms with Crippen LogP contribution in [0.25, 0.3) is 0 Å². The number of carboxylic acid groups (broad SMARTS) is 1. The van der Waals surface area contributed by atoms with Crippen LogP contribution in [0.4, 0.5) is 17.1 Å². The van der Waals surface area contributed by atoms with Gasteiger partial charge in [0.1, 0.15) is 6.04 Å². The maximum atomic E-state index is 12.3. The Hall–Kier alpha value is -3.14. The van der Waals surface area contributed by atoms with Crippen molar-refractivity contribution in [1.29, 1.82) is 0 Å². The molecule has 0 spiro atoms. The molecule has 1 saturated heterocycles. The summed E-state index contributed by atoms with van der Waals surface area (Å²) in [6, 6.07) is 15.4. The van der Waals surface area contributed by atoms with Crippen molar-refractivity contribution < 1.29 is 19.4 Å². The first-order valence-electron chi connectivity index (χ1n) is 10.7. The number of amides is 1. The zero-order valence-electron chi connectivity index (χ0n) is 17.9. The van der Waals surface area contributed by atoms with Gasteiger partial charge >= 0.3 is 5.97 Å².